The van der Waals surface area contributed by atoms with Gasteiger partial charge in [-0.25, -0.2) is 4.98 Å². The molecular weight excluding hydrogens is 228 g/mol. The summed E-state index contributed by atoms with van der Waals surface area (Å²) < 4.78 is 2.00. The zero-order valence-electron chi connectivity index (χ0n) is 11.4. The SMILES string of the molecule is CCN(C)C(=O)C(C)n1cncc1[C@@H]1CCCN1. The van der Waals surface area contributed by atoms with Crippen LogP contribution in [0.4, 0.5) is 0 Å². The summed E-state index contributed by atoms with van der Waals surface area (Å²) in [6.45, 7) is 5.70. The second-order valence-electron chi connectivity index (χ2n) is 4.90. The van der Waals surface area contributed by atoms with E-state index in [2.05, 4.69) is 10.3 Å². The van der Waals surface area contributed by atoms with Gasteiger partial charge in [-0.2, -0.15) is 0 Å². The Morgan fingerprint density at radius 1 is 1.72 bits per heavy atom. The third-order valence-corrected chi connectivity index (χ3v) is 3.74. The van der Waals surface area contributed by atoms with Crippen LogP contribution >= 0.6 is 0 Å². The van der Waals surface area contributed by atoms with Crippen molar-refractivity contribution in [2.75, 3.05) is 20.1 Å². The van der Waals surface area contributed by atoms with E-state index < -0.39 is 0 Å². The molecule has 2 atom stereocenters. The largest absolute Gasteiger partial charge is 0.344 e. The molecule has 1 fully saturated rings. The molecule has 0 saturated carbocycles. The number of nitrogens with one attached hydrogen (secondary N) is 1. The van der Waals surface area contributed by atoms with Crippen LogP contribution in [-0.4, -0.2) is 40.5 Å². The highest BCUT2D eigenvalue weighted by atomic mass is 16.2. The molecule has 2 heterocycles. The van der Waals surface area contributed by atoms with Crippen molar-refractivity contribution in [1.82, 2.24) is 19.8 Å². The van der Waals surface area contributed by atoms with Gasteiger partial charge in [0.25, 0.3) is 0 Å². The van der Waals surface area contributed by atoms with Gasteiger partial charge in [0, 0.05) is 25.8 Å². The quantitative estimate of drug-likeness (QED) is 0.877. The second-order valence-corrected chi connectivity index (χ2v) is 4.90. The fourth-order valence-electron chi connectivity index (χ4n) is 2.44. The average Bonchev–Trinajstić information content (AvgIpc) is 3.05. The molecule has 100 valence electrons. The summed E-state index contributed by atoms with van der Waals surface area (Å²) in [7, 11) is 1.84. The van der Waals surface area contributed by atoms with Crippen LogP contribution in [0.3, 0.4) is 0 Å². The average molecular weight is 250 g/mol. The van der Waals surface area contributed by atoms with Crippen molar-refractivity contribution in [2.45, 2.75) is 38.8 Å². The number of aromatic nitrogens is 2. The summed E-state index contributed by atoms with van der Waals surface area (Å²) in [5.74, 6) is 0.134. The van der Waals surface area contributed by atoms with Gasteiger partial charge in [0.15, 0.2) is 0 Å². The summed E-state index contributed by atoms with van der Waals surface area (Å²) in [6, 6.07) is 0.157. The van der Waals surface area contributed by atoms with Gasteiger partial charge in [-0.05, 0) is 33.2 Å². The van der Waals surface area contributed by atoms with Gasteiger partial charge in [-0.1, -0.05) is 0 Å². The first kappa shape index (κ1) is 13.1. The molecule has 1 aliphatic rings. The highest BCUT2D eigenvalue weighted by Crippen LogP contribution is 2.25. The lowest BCUT2D eigenvalue weighted by molar-refractivity contribution is -0.132. The van der Waals surface area contributed by atoms with Crippen LogP contribution in [0, 0.1) is 0 Å². The Labute approximate surface area is 108 Å². The normalized spacial score (nSPS) is 20.9. The van der Waals surface area contributed by atoms with E-state index in [-0.39, 0.29) is 11.9 Å². The fraction of sp³-hybridized carbons (Fsp3) is 0.692. The number of likely N-dealkylation sites (N-methyl/N-ethyl adjacent to an activating group) is 1. The molecule has 0 spiro atoms. The summed E-state index contributed by atoms with van der Waals surface area (Å²) in [4.78, 5) is 18.2. The van der Waals surface area contributed by atoms with Crippen LogP contribution < -0.4 is 5.32 Å². The Morgan fingerprint density at radius 2 is 2.50 bits per heavy atom. The number of amides is 1. The lowest BCUT2D eigenvalue weighted by Gasteiger charge is -2.23. The van der Waals surface area contributed by atoms with E-state index >= 15 is 0 Å². The van der Waals surface area contributed by atoms with Gasteiger partial charge in [-0.15, -0.1) is 0 Å². The van der Waals surface area contributed by atoms with E-state index in [1.54, 1.807) is 11.2 Å². The Bertz CT molecular complexity index is 409. The first-order valence-corrected chi connectivity index (χ1v) is 6.65. The molecule has 2 rings (SSSR count). The molecule has 0 aromatic carbocycles. The lowest BCUT2D eigenvalue weighted by Crippen LogP contribution is -2.34. The predicted octanol–water partition coefficient (Wildman–Crippen LogP) is 1.35. The number of imidazole rings is 1. The van der Waals surface area contributed by atoms with Crippen LogP contribution in [0.1, 0.15) is 44.5 Å². The molecule has 5 heteroatoms. The fourth-order valence-corrected chi connectivity index (χ4v) is 2.44. The van der Waals surface area contributed by atoms with Crippen molar-refractivity contribution in [3.63, 3.8) is 0 Å². The van der Waals surface area contributed by atoms with E-state index in [1.165, 1.54) is 6.42 Å². The van der Waals surface area contributed by atoms with Crippen molar-refractivity contribution in [3.8, 4) is 0 Å². The van der Waals surface area contributed by atoms with Crippen LogP contribution in [0.15, 0.2) is 12.5 Å². The van der Waals surface area contributed by atoms with E-state index in [4.69, 9.17) is 0 Å². The van der Waals surface area contributed by atoms with E-state index in [9.17, 15) is 4.79 Å². The molecule has 1 N–H and O–H groups in total. The van der Waals surface area contributed by atoms with Crippen molar-refractivity contribution in [2.24, 2.45) is 0 Å². The molecule has 5 nitrogen and oxygen atoms in total. The zero-order valence-corrected chi connectivity index (χ0v) is 11.4. The summed E-state index contributed by atoms with van der Waals surface area (Å²) in [6.07, 6.45) is 5.95. The maximum Gasteiger partial charge on any atom is 0.245 e. The second kappa shape index (κ2) is 5.52. The zero-order chi connectivity index (χ0) is 13.1. The third-order valence-electron chi connectivity index (χ3n) is 3.74. The summed E-state index contributed by atoms with van der Waals surface area (Å²) in [5, 5.41) is 3.45. The van der Waals surface area contributed by atoms with Gasteiger partial charge in [0.05, 0.1) is 12.0 Å². The monoisotopic (exact) mass is 250 g/mol. The Balaban J connectivity index is 2.17. The van der Waals surface area contributed by atoms with Crippen molar-refractivity contribution < 1.29 is 4.79 Å². The van der Waals surface area contributed by atoms with Crippen LogP contribution in [0.5, 0.6) is 0 Å². The molecule has 1 unspecified atom stereocenters. The Morgan fingerprint density at radius 3 is 3.11 bits per heavy atom. The lowest BCUT2D eigenvalue weighted by atomic mass is 10.1. The van der Waals surface area contributed by atoms with Crippen molar-refractivity contribution in [3.05, 3.63) is 18.2 Å². The predicted molar refractivity (Wildman–Crippen MR) is 70.2 cm³/mol. The van der Waals surface area contributed by atoms with Gasteiger partial charge < -0.3 is 14.8 Å². The molecule has 0 radical (unpaired) electrons. The number of rotatable bonds is 4. The van der Waals surface area contributed by atoms with Crippen LogP contribution in [0.25, 0.3) is 0 Å². The molecule has 1 aromatic heterocycles. The molecule has 18 heavy (non-hydrogen) atoms. The van der Waals surface area contributed by atoms with Gasteiger partial charge in [0.2, 0.25) is 5.91 Å². The summed E-state index contributed by atoms with van der Waals surface area (Å²) in [5.41, 5.74) is 1.12. The van der Waals surface area contributed by atoms with Crippen molar-refractivity contribution >= 4 is 5.91 Å². The molecule has 0 bridgehead atoms. The third kappa shape index (κ3) is 2.41. The number of hydrogen-bond donors (Lipinski definition) is 1. The highest BCUT2D eigenvalue weighted by Gasteiger charge is 2.25. The van der Waals surface area contributed by atoms with Gasteiger partial charge in [0.1, 0.15) is 6.04 Å². The number of carbonyl (C=O) groups excluding carboxylic acids is 1. The summed E-state index contributed by atoms with van der Waals surface area (Å²) >= 11 is 0. The minimum Gasteiger partial charge on any atom is -0.344 e. The smallest absolute Gasteiger partial charge is 0.245 e. The molecular formula is C13H22N4O. The number of hydrogen-bond acceptors (Lipinski definition) is 3. The standard InChI is InChI=1S/C13H22N4O/c1-4-16(3)13(18)10(2)17-9-14-8-12(17)11-6-5-7-15-11/h8-11,15H,4-7H2,1-3H3/t10?,11-/m0/s1. The number of carbonyl (C=O) groups is 1. The molecule has 0 aliphatic carbocycles. The minimum atomic E-state index is -0.185. The first-order chi connectivity index (χ1) is 8.65. The Kier molecular flexibility index (Phi) is 4.01. The maximum atomic E-state index is 12.2. The maximum absolute atomic E-state index is 12.2. The number of nitrogens with zero attached hydrogens (tertiary/aromatic N) is 3. The first-order valence-electron chi connectivity index (χ1n) is 6.65. The van der Waals surface area contributed by atoms with Gasteiger partial charge in [-0.3, -0.25) is 4.79 Å². The molecule has 1 aromatic rings. The molecule has 1 amide bonds. The van der Waals surface area contributed by atoms with Crippen molar-refractivity contribution in [1.29, 1.82) is 0 Å². The van der Waals surface area contributed by atoms with Gasteiger partial charge >= 0.3 is 0 Å². The highest BCUT2D eigenvalue weighted by molar-refractivity contribution is 5.79. The topological polar surface area (TPSA) is 50.2 Å². The molecule has 1 aliphatic heterocycles. The Hall–Kier alpha value is -1.36. The van der Waals surface area contributed by atoms with E-state index in [1.807, 2.05) is 31.7 Å². The molecule has 1 saturated heterocycles. The minimum absolute atomic E-state index is 0.134. The van der Waals surface area contributed by atoms with Crippen LogP contribution in [0.2, 0.25) is 0 Å². The van der Waals surface area contributed by atoms with E-state index in [0.717, 1.165) is 25.2 Å². The van der Waals surface area contributed by atoms with Crippen LogP contribution in [-0.2, 0) is 4.79 Å². The van der Waals surface area contributed by atoms with E-state index in [0.29, 0.717) is 6.04 Å².